The number of aromatic nitrogens is 2. The Balaban J connectivity index is 2.90. The van der Waals surface area contributed by atoms with Crippen LogP contribution in [0.15, 0.2) is 4.47 Å². The van der Waals surface area contributed by atoms with E-state index in [1.807, 2.05) is 18.7 Å². The van der Waals surface area contributed by atoms with Gasteiger partial charge in [0.1, 0.15) is 0 Å². The molecule has 0 saturated heterocycles. The second kappa shape index (κ2) is 4.94. The molecule has 0 spiro atoms. The van der Waals surface area contributed by atoms with Gasteiger partial charge in [-0.3, -0.25) is 4.68 Å². The molecule has 0 aromatic carbocycles. The third-order valence-corrected chi connectivity index (χ3v) is 3.32. The highest BCUT2D eigenvalue weighted by atomic mass is 79.9. The van der Waals surface area contributed by atoms with Crippen molar-refractivity contribution in [2.45, 2.75) is 39.2 Å². The second-order valence-corrected chi connectivity index (χ2v) is 4.24. The standard InChI is InChI=1S/C10H17BrN2O/c1-4-7(14)6-9-10(11)8(5-2)12-13(9)3/h7,14H,4-6H2,1-3H3. The van der Waals surface area contributed by atoms with Crippen LogP contribution in [0.1, 0.15) is 31.7 Å². The lowest BCUT2D eigenvalue weighted by molar-refractivity contribution is 0.168. The number of aryl methyl sites for hydroxylation is 2. The maximum atomic E-state index is 9.58. The summed E-state index contributed by atoms with van der Waals surface area (Å²) < 4.78 is 2.90. The molecule has 1 atom stereocenters. The normalized spacial score (nSPS) is 13.2. The quantitative estimate of drug-likeness (QED) is 0.900. The van der Waals surface area contributed by atoms with E-state index < -0.39 is 0 Å². The van der Waals surface area contributed by atoms with Crippen molar-refractivity contribution in [3.63, 3.8) is 0 Å². The lowest BCUT2D eigenvalue weighted by Crippen LogP contribution is -2.12. The molecule has 0 radical (unpaired) electrons. The monoisotopic (exact) mass is 260 g/mol. The van der Waals surface area contributed by atoms with Gasteiger partial charge in [-0.05, 0) is 28.8 Å². The number of aliphatic hydroxyl groups is 1. The predicted molar refractivity (Wildman–Crippen MR) is 60.3 cm³/mol. The van der Waals surface area contributed by atoms with Gasteiger partial charge in [-0.15, -0.1) is 0 Å². The molecule has 80 valence electrons. The highest BCUT2D eigenvalue weighted by Gasteiger charge is 2.14. The highest BCUT2D eigenvalue weighted by Crippen LogP contribution is 2.23. The summed E-state index contributed by atoms with van der Waals surface area (Å²) in [7, 11) is 1.92. The van der Waals surface area contributed by atoms with Crippen LogP contribution >= 0.6 is 15.9 Å². The zero-order valence-corrected chi connectivity index (χ0v) is 10.5. The molecule has 1 rings (SSSR count). The van der Waals surface area contributed by atoms with Crippen LogP contribution in [0.2, 0.25) is 0 Å². The Morgan fingerprint density at radius 1 is 1.50 bits per heavy atom. The van der Waals surface area contributed by atoms with Crippen LogP contribution in [0.5, 0.6) is 0 Å². The van der Waals surface area contributed by atoms with Crippen LogP contribution in [0.4, 0.5) is 0 Å². The topological polar surface area (TPSA) is 38.0 Å². The first-order valence-electron chi connectivity index (χ1n) is 4.98. The summed E-state index contributed by atoms with van der Waals surface area (Å²) in [5, 5.41) is 14.0. The molecule has 1 heterocycles. The first-order valence-corrected chi connectivity index (χ1v) is 5.77. The lowest BCUT2D eigenvalue weighted by Gasteiger charge is -2.07. The van der Waals surface area contributed by atoms with E-state index in [2.05, 4.69) is 28.0 Å². The van der Waals surface area contributed by atoms with Crippen LogP contribution in [0.25, 0.3) is 0 Å². The molecule has 0 saturated carbocycles. The third-order valence-electron chi connectivity index (χ3n) is 2.40. The Hall–Kier alpha value is -0.350. The Morgan fingerprint density at radius 2 is 2.14 bits per heavy atom. The Bertz CT molecular complexity index is 309. The molecular formula is C10H17BrN2O. The zero-order valence-electron chi connectivity index (χ0n) is 8.92. The average Bonchev–Trinajstić information content (AvgIpc) is 2.44. The van der Waals surface area contributed by atoms with E-state index in [4.69, 9.17) is 0 Å². The summed E-state index contributed by atoms with van der Waals surface area (Å²) in [6.07, 6.45) is 2.09. The van der Waals surface area contributed by atoms with Gasteiger partial charge in [0.05, 0.1) is 22.0 Å². The summed E-state index contributed by atoms with van der Waals surface area (Å²) in [5.74, 6) is 0. The Kier molecular flexibility index (Phi) is 4.13. The number of nitrogens with zero attached hydrogens (tertiary/aromatic N) is 2. The largest absolute Gasteiger partial charge is 0.393 e. The lowest BCUT2D eigenvalue weighted by atomic mass is 10.1. The molecule has 0 fully saturated rings. The van der Waals surface area contributed by atoms with Crippen molar-refractivity contribution in [1.29, 1.82) is 0 Å². The average molecular weight is 261 g/mol. The fourth-order valence-electron chi connectivity index (χ4n) is 1.41. The molecule has 14 heavy (non-hydrogen) atoms. The molecule has 1 N–H and O–H groups in total. The van der Waals surface area contributed by atoms with Crippen molar-refractivity contribution >= 4 is 15.9 Å². The van der Waals surface area contributed by atoms with Gasteiger partial charge >= 0.3 is 0 Å². The van der Waals surface area contributed by atoms with Gasteiger partial charge in [-0.25, -0.2) is 0 Å². The summed E-state index contributed by atoms with van der Waals surface area (Å²) in [6.45, 7) is 4.06. The van der Waals surface area contributed by atoms with E-state index in [0.29, 0.717) is 6.42 Å². The Morgan fingerprint density at radius 3 is 2.57 bits per heavy atom. The first-order chi connectivity index (χ1) is 6.60. The van der Waals surface area contributed by atoms with E-state index in [0.717, 1.165) is 28.7 Å². The molecule has 0 aliphatic carbocycles. The van der Waals surface area contributed by atoms with Crippen LogP contribution in [-0.2, 0) is 19.9 Å². The molecule has 0 aliphatic rings. The van der Waals surface area contributed by atoms with E-state index in [1.54, 1.807) is 0 Å². The minimum atomic E-state index is -0.272. The number of rotatable bonds is 4. The molecule has 0 aliphatic heterocycles. The van der Waals surface area contributed by atoms with Crippen LogP contribution in [0, 0.1) is 0 Å². The zero-order chi connectivity index (χ0) is 10.7. The first kappa shape index (κ1) is 11.7. The molecule has 4 heteroatoms. The van der Waals surface area contributed by atoms with E-state index in [9.17, 15) is 5.11 Å². The summed E-state index contributed by atoms with van der Waals surface area (Å²) in [6, 6.07) is 0. The number of hydrogen-bond donors (Lipinski definition) is 1. The van der Waals surface area contributed by atoms with E-state index in [-0.39, 0.29) is 6.10 Å². The van der Waals surface area contributed by atoms with E-state index in [1.165, 1.54) is 0 Å². The van der Waals surface area contributed by atoms with Crippen molar-refractivity contribution < 1.29 is 5.11 Å². The number of hydrogen-bond acceptors (Lipinski definition) is 2. The summed E-state index contributed by atoms with van der Waals surface area (Å²) in [4.78, 5) is 0. The van der Waals surface area contributed by atoms with E-state index >= 15 is 0 Å². The number of halogens is 1. The van der Waals surface area contributed by atoms with Crippen molar-refractivity contribution in [1.82, 2.24) is 9.78 Å². The van der Waals surface area contributed by atoms with Gasteiger partial charge in [-0.1, -0.05) is 13.8 Å². The van der Waals surface area contributed by atoms with Crippen molar-refractivity contribution in [3.8, 4) is 0 Å². The Labute approximate surface area is 93.3 Å². The van der Waals surface area contributed by atoms with Crippen molar-refractivity contribution in [2.75, 3.05) is 0 Å². The van der Waals surface area contributed by atoms with Gasteiger partial charge in [-0.2, -0.15) is 5.10 Å². The van der Waals surface area contributed by atoms with Gasteiger partial charge in [0.15, 0.2) is 0 Å². The maximum absolute atomic E-state index is 9.58. The summed E-state index contributed by atoms with van der Waals surface area (Å²) in [5.41, 5.74) is 2.14. The number of aliphatic hydroxyl groups excluding tert-OH is 1. The molecule has 1 aromatic heterocycles. The molecule has 3 nitrogen and oxygen atoms in total. The fourth-order valence-corrected chi connectivity index (χ4v) is 2.19. The van der Waals surface area contributed by atoms with Crippen LogP contribution in [0.3, 0.4) is 0 Å². The molecule has 1 aromatic rings. The third kappa shape index (κ3) is 2.36. The smallest absolute Gasteiger partial charge is 0.0766 e. The van der Waals surface area contributed by atoms with Crippen LogP contribution in [-0.4, -0.2) is 21.0 Å². The SMILES string of the molecule is CCc1nn(C)c(CC(O)CC)c1Br. The highest BCUT2D eigenvalue weighted by molar-refractivity contribution is 9.10. The minimum Gasteiger partial charge on any atom is -0.393 e. The fraction of sp³-hybridized carbons (Fsp3) is 0.700. The van der Waals surface area contributed by atoms with Crippen molar-refractivity contribution in [2.24, 2.45) is 7.05 Å². The van der Waals surface area contributed by atoms with Gasteiger partial charge in [0.25, 0.3) is 0 Å². The van der Waals surface area contributed by atoms with Gasteiger partial charge < -0.3 is 5.11 Å². The molecule has 0 amide bonds. The maximum Gasteiger partial charge on any atom is 0.0766 e. The summed E-state index contributed by atoms with van der Waals surface area (Å²) >= 11 is 3.53. The predicted octanol–water partition coefficient (Wildman–Crippen LogP) is 2.06. The van der Waals surface area contributed by atoms with Crippen LogP contribution < -0.4 is 0 Å². The molecule has 0 bridgehead atoms. The minimum absolute atomic E-state index is 0.272. The van der Waals surface area contributed by atoms with Gasteiger partial charge in [0, 0.05) is 13.5 Å². The molecular weight excluding hydrogens is 244 g/mol. The second-order valence-electron chi connectivity index (χ2n) is 3.45. The molecule has 1 unspecified atom stereocenters. The van der Waals surface area contributed by atoms with Crippen molar-refractivity contribution in [3.05, 3.63) is 15.9 Å². The van der Waals surface area contributed by atoms with Gasteiger partial charge in [0.2, 0.25) is 0 Å².